The Labute approximate surface area is 151 Å². The molecule has 1 aliphatic heterocycles. The smallest absolute Gasteiger partial charge is 0.200 e. The Bertz CT molecular complexity index is 351. The second-order valence-electron chi connectivity index (χ2n) is 8.30. The number of ether oxygens (including phenoxy) is 2. The van der Waals surface area contributed by atoms with Crippen LogP contribution in [0.15, 0.2) is 12.7 Å². The van der Waals surface area contributed by atoms with Crippen LogP contribution in [0.1, 0.15) is 74.1 Å². The van der Waals surface area contributed by atoms with Crippen LogP contribution < -0.4 is 0 Å². The van der Waals surface area contributed by atoms with Gasteiger partial charge in [0.1, 0.15) is 0 Å². The summed E-state index contributed by atoms with van der Waals surface area (Å²) in [5.41, 5.74) is 1.84. The lowest BCUT2D eigenvalue weighted by molar-refractivity contribution is -0.148. The number of rotatable bonds is 11. The van der Waals surface area contributed by atoms with E-state index in [9.17, 15) is 0 Å². The summed E-state index contributed by atoms with van der Waals surface area (Å²) < 4.78 is 18.4. The summed E-state index contributed by atoms with van der Waals surface area (Å²) in [7, 11) is -1.84. The Morgan fingerprint density at radius 2 is 1.54 bits per heavy atom. The zero-order chi connectivity index (χ0) is 18.4. The van der Waals surface area contributed by atoms with Gasteiger partial charge in [-0.3, -0.25) is 0 Å². The van der Waals surface area contributed by atoms with Gasteiger partial charge in [-0.15, -0.1) is 6.58 Å². The van der Waals surface area contributed by atoms with E-state index in [0.29, 0.717) is 29.8 Å². The molecule has 1 heterocycles. The highest BCUT2D eigenvalue weighted by molar-refractivity contribution is 6.77. The van der Waals surface area contributed by atoms with Crippen molar-refractivity contribution in [3.63, 3.8) is 0 Å². The van der Waals surface area contributed by atoms with Crippen LogP contribution in [0.2, 0.25) is 16.6 Å². The summed E-state index contributed by atoms with van der Waals surface area (Å²) >= 11 is 0. The molecule has 3 nitrogen and oxygen atoms in total. The molecule has 0 aromatic carbocycles. The van der Waals surface area contributed by atoms with Gasteiger partial charge in [-0.25, -0.2) is 0 Å². The molecule has 0 N–H and O–H groups in total. The normalized spacial score (nSPS) is 19.4. The topological polar surface area (TPSA) is 27.7 Å². The molecule has 1 atom stereocenters. The van der Waals surface area contributed by atoms with Crippen molar-refractivity contribution in [2.45, 2.75) is 103 Å². The Hall–Kier alpha value is -0.163. The minimum atomic E-state index is -1.84. The summed E-state index contributed by atoms with van der Waals surface area (Å²) in [5, 5.41) is 0. The molecule has 0 amide bonds. The molecular formula is C20H40O3Si. The lowest BCUT2D eigenvalue weighted by Crippen LogP contribution is -2.50. The number of hydrogen-bond donors (Lipinski definition) is 0. The van der Waals surface area contributed by atoms with Crippen LogP contribution in [0.3, 0.4) is 0 Å². The zero-order valence-electron chi connectivity index (χ0n) is 17.1. The number of hydrogen-bond acceptors (Lipinski definition) is 3. The molecule has 0 spiro atoms. The van der Waals surface area contributed by atoms with E-state index in [4.69, 9.17) is 13.9 Å². The van der Waals surface area contributed by atoms with Crippen LogP contribution in [-0.2, 0) is 13.9 Å². The van der Waals surface area contributed by atoms with Gasteiger partial charge >= 0.3 is 0 Å². The van der Waals surface area contributed by atoms with Crippen molar-refractivity contribution in [1.82, 2.24) is 0 Å². The standard InChI is InChI=1S/C20H40O3Si/c1-9-11-19(12-10-13-20(8)21-14-15-22-20)23-24(16(2)3,17(4)5)18(6)7/h9,16-19H,1,10-15H2,2-8H3. The fraction of sp³-hybridized carbons (Fsp3) is 0.900. The molecule has 0 bridgehead atoms. The fourth-order valence-electron chi connectivity index (χ4n) is 4.46. The van der Waals surface area contributed by atoms with E-state index in [1.54, 1.807) is 0 Å². The fourth-order valence-corrected chi connectivity index (χ4v) is 10.1. The van der Waals surface area contributed by atoms with Crippen molar-refractivity contribution in [1.29, 1.82) is 0 Å². The van der Waals surface area contributed by atoms with E-state index in [2.05, 4.69) is 55.0 Å². The van der Waals surface area contributed by atoms with Crippen molar-refractivity contribution < 1.29 is 13.9 Å². The first-order chi connectivity index (χ1) is 11.2. The van der Waals surface area contributed by atoms with E-state index in [0.717, 1.165) is 25.7 Å². The van der Waals surface area contributed by atoms with Crippen LogP contribution in [0.5, 0.6) is 0 Å². The molecule has 1 rings (SSSR count). The van der Waals surface area contributed by atoms with Gasteiger partial charge in [0.2, 0.25) is 8.32 Å². The first-order valence-corrected chi connectivity index (χ1v) is 11.9. The second-order valence-corrected chi connectivity index (χ2v) is 13.7. The van der Waals surface area contributed by atoms with E-state index >= 15 is 0 Å². The summed E-state index contributed by atoms with van der Waals surface area (Å²) in [4.78, 5) is 0. The van der Waals surface area contributed by atoms with Crippen LogP contribution in [0, 0.1) is 0 Å². The first-order valence-electron chi connectivity index (χ1n) is 9.74. The highest BCUT2D eigenvalue weighted by Crippen LogP contribution is 2.43. The Kier molecular flexibility index (Phi) is 8.67. The van der Waals surface area contributed by atoms with Crippen LogP contribution >= 0.6 is 0 Å². The van der Waals surface area contributed by atoms with Crippen molar-refractivity contribution in [2.75, 3.05) is 13.2 Å². The van der Waals surface area contributed by atoms with Gasteiger partial charge in [0.05, 0.1) is 13.2 Å². The van der Waals surface area contributed by atoms with Crippen LogP contribution in [0.4, 0.5) is 0 Å². The minimum absolute atomic E-state index is 0.270. The maximum absolute atomic E-state index is 6.95. The highest BCUT2D eigenvalue weighted by atomic mass is 28.4. The van der Waals surface area contributed by atoms with Gasteiger partial charge in [0.15, 0.2) is 5.79 Å². The van der Waals surface area contributed by atoms with Crippen molar-refractivity contribution in [3.05, 3.63) is 12.7 Å². The Balaban J connectivity index is 2.72. The van der Waals surface area contributed by atoms with E-state index in [1.807, 2.05) is 6.08 Å². The highest BCUT2D eigenvalue weighted by Gasteiger charge is 2.46. The largest absolute Gasteiger partial charge is 0.413 e. The molecule has 1 saturated heterocycles. The molecular weight excluding hydrogens is 316 g/mol. The third-order valence-electron chi connectivity index (χ3n) is 5.56. The SMILES string of the molecule is C=CCC(CCCC1(C)OCCO1)O[Si](C(C)C)(C(C)C)C(C)C. The molecule has 142 valence electrons. The molecule has 0 aliphatic carbocycles. The third kappa shape index (κ3) is 5.42. The Morgan fingerprint density at radius 1 is 1.04 bits per heavy atom. The maximum Gasteiger partial charge on any atom is 0.200 e. The summed E-state index contributed by atoms with van der Waals surface area (Å²) in [6, 6.07) is 0. The van der Waals surface area contributed by atoms with E-state index < -0.39 is 8.32 Å². The molecule has 0 aromatic heterocycles. The van der Waals surface area contributed by atoms with Gasteiger partial charge in [0, 0.05) is 12.5 Å². The van der Waals surface area contributed by atoms with Gasteiger partial charge in [-0.2, -0.15) is 0 Å². The van der Waals surface area contributed by atoms with Crippen LogP contribution in [-0.4, -0.2) is 33.4 Å². The van der Waals surface area contributed by atoms with E-state index in [-0.39, 0.29) is 11.9 Å². The average Bonchev–Trinajstić information content (AvgIpc) is 2.90. The molecule has 1 aliphatic rings. The summed E-state index contributed by atoms with van der Waals surface area (Å²) in [6.07, 6.45) is 6.26. The van der Waals surface area contributed by atoms with Gasteiger partial charge < -0.3 is 13.9 Å². The first kappa shape index (κ1) is 21.9. The molecule has 4 heteroatoms. The quantitative estimate of drug-likeness (QED) is 0.333. The van der Waals surface area contributed by atoms with Gasteiger partial charge in [0.25, 0.3) is 0 Å². The summed E-state index contributed by atoms with van der Waals surface area (Å²) in [6.45, 7) is 21.5. The Morgan fingerprint density at radius 3 is 1.96 bits per heavy atom. The minimum Gasteiger partial charge on any atom is -0.413 e. The van der Waals surface area contributed by atoms with Crippen LogP contribution in [0.25, 0.3) is 0 Å². The van der Waals surface area contributed by atoms with Crippen molar-refractivity contribution in [3.8, 4) is 0 Å². The van der Waals surface area contributed by atoms with E-state index in [1.165, 1.54) is 0 Å². The monoisotopic (exact) mass is 356 g/mol. The van der Waals surface area contributed by atoms with Crippen molar-refractivity contribution >= 4 is 8.32 Å². The third-order valence-corrected chi connectivity index (χ3v) is 11.7. The zero-order valence-corrected chi connectivity index (χ0v) is 18.1. The molecule has 24 heavy (non-hydrogen) atoms. The predicted octanol–water partition coefficient (Wildman–Crippen LogP) is 6.06. The van der Waals surface area contributed by atoms with Gasteiger partial charge in [-0.05, 0) is 42.8 Å². The lowest BCUT2D eigenvalue weighted by atomic mass is 10.1. The average molecular weight is 357 g/mol. The molecule has 0 aromatic rings. The lowest BCUT2D eigenvalue weighted by Gasteiger charge is -2.44. The molecule has 0 saturated carbocycles. The molecule has 0 radical (unpaired) electrons. The van der Waals surface area contributed by atoms with Gasteiger partial charge in [-0.1, -0.05) is 47.6 Å². The molecule has 1 unspecified atom stereocenters. The molecule has 1 fully saturated rings. The summed E-state index contributed by atoms with van der Waals surface area (Å²) in [5.74, 6) is -0.388. The predicted molar refractivity (Wildman–Crippen MR) is 105 cm³/mol. The second kappa shape index (κ2) is 9.51. The van der Waals surface area contributed by atoms with Crippen molar-refractivity contribution in [2.24, 2.45) is 0 Å². The maximum atomic E-state index is 6.95.